The Balaban J connectivity index is 0.00000178. The van der Waals surface area contributed by atoms with Crippen molar-refractivity contribution in [2.45, 2.75) is 46.2 Å². The minimum Gasteiger partial charge on any atom is -0.303 e. The van der Waals surface area contributed by atoms with Crippen molar-refractivity contribution in [1.82, 2.24) is 0 Å². The second kappa shape index (κ2) is 9.28. The Morgan fingerprint density at radius 1 is 1.20 bits per heavy atom. The zero-order chi connectivity index (χ0) is 19.8. The van der Waals surface area contributed by atoms with E-state index in [1.165, 1.54) is 13.0 Å². The molecule has 0 radical (unpaired) electrons. The first kappa shape index (κ1) is 22.7. The number of Topliss-reactive ketones (excluding diaryl/α,β-unsaturated/α-hetero) is 1. The highest BCUT2D eigenvalue weighted by Gasteiger charge is 2.37. The zero-order valence-corrected chi connectivity index (χ0v) is 14.5. The van der Waals surface area contributed by atoms with Crippen molar-refractivity contribution in [2.24, 2.45) is 11.3 Å². The van der Waals surface area contributed by atoms with Gasteiger partial charge in [-0.1, -0.05) is 39.0 Å². The average Bonchev–Trinajstić information content (AvgIpc) is 2.45. The third-order valence-electron chi connectivity index (χ3n) is 3.77. The third-order valence-corrected chi connectivity index (χ3v) is 3.77. The van der Waals surface area contributed by atoms with Crippen LogP contribution in [0, 0.1) is 11.3 Å². The molecule has 0 saturated carbocycles. The van der Waals surface area contributed by atoms with Crippen molar-refractivity contribution in [2.75, 3.05) is 0 Å². The molecule has 7 heteroatoms. The van der Waals surface area contributed by atoms with Gasteiger partial charge >= 0.3 is 12.3 Å². The van der Waals surface area contributed by atoms with Gasteiger partial charge in [0, 0.05) is 18.3 Å². The predicted octanol–water partition coefficient (Wildman–Crippen LogP) is 4.05. The fourth-order valence-electron chi connectivity index (χ4n) is 3.01. The summed E-state index contributed by atoms with van der Waals surface area (Å²) in [6, 6.07) is 4.89. The molecule has 1 unspecified atom stereocenters. The van der Waals surface area contributed by atoms with E-state index in [0.29, 0.717) is 11.8 Å². The van der Waals surface area contributed by atoms with Gasteiger partial charge in [0.15, 0.2) is 0 Å². The number of carbonyl (C=O) groups excluding carboxylic acids is 4. The van der Waals surface area contributed by atoms with Crippen LogP contribution >= 0.6 is 0 Å². The SMILES string of the molecule is CC(=O)C([C@@H](CC=O)c1cccc(C(F)(F)F)c1)C(C)(C)C.O=C=O. The van der Waals surface area contributed by atoms with Crippen molar-refractivity contribution in [3.8, 4) is 0 Å². The van der Waals surface area contributed by atoms with Crippen LogP contribution in [-0.2, 0) is 25.4 Å². The van der Waals surface area contributed by atoms with Crippen LogP contribution < -0.4 is 0 Å². The van der Waals surface area contributed by atoms with Crippen molar-refractivity contribution >= 4 is 18.2 Å². The zero-order valence-electron chi connectivity index (χ0n) is 14.5. The van der Waals surface area contributed by atoms with Gasteiger partial charge in [-0.15, -0.1) is 0 Å². The Kier molecular flexibility index (Phi) is 8.43. The summed E-state index contributed by atoms with van der Waals surface area (Å²) in [6.45, 7) is 6.97. The summed E-state index contributed by atoms with van der Waals surface area (Å²) in [5.74, 6) is -1.21. The second-order valence-electron chi connectivity index (χ2n) is 6.67. The summed E-state index contributed by atoms with van der Waals surface area (Å²) in [6.07, 6.45) is -3.52. The Morgan fingerprint density at radius 2 is 1.72 bits per heavy atom. The van der Waals surface area contributed by atoms with Crippen molar-refractivity contribution in [3.63, 3.8) is 0 Å². The van der Waals surface area contributed by atoms with E-state index in [4.69, 9.17) is 9.59 Å². The molecule has 0 aromatic heterocycles. The van der Waals surface area contributed by atoms with Crippen LogP contribution in [-0.4, -0.2) is 18.2 Å². The van der Waals surface area contributed by atoms with Crippen LogP contribution in [0.15, 0.2) is 24.3 Å². The molecule has 0 heterocycles. The molecule has 0 bridgehead atoms. The van der Waals surface area contributed by atoms with Gasteiger partial charge in [-0.2, -0.15) is 22.8 Å². The maximum atomic E-state index is 12.9. The fraction of sp³-hybridized carbons (Fsp3) is 0.500. The molecule has 0 fully saturated rings. The number of alkyl halides is 3. The van der Waals surface area contributed by atoms with Gasteiger partial charge in [-0.3, -0.25) is 4.79 Å². The van der Waals surface area contributed by atoms with Crippen LogP contribution in [0.5, 0.6) is 0 Å². The lowest BCUT2D eigenvalue weighted by atomic mass is 9.68. The van der Waals surface area contributed by atoms with Gasteiger partial charge in [-0.05, 0) is 24.0 Å². The molecule has 0 aliphatic rings. The molecule has 138 valence electrons. The minimum atomic E-state index is -4.45. The fourth-order valence-corrected chi connectivity index (χ4v) is 3.01. The number of hydrogen-bond acceptors (Lipinski definition) is 4. The standard InChI is InChI=1S/C17H21F3O2.CO2/c1-11(22)15(16(2,3)4)14(8-9-21)12-6-5-7-13(10-12)17(18,19)20;2-1-3/h5-7,9-10,14-15H,8H2,1-4H3;/t14-,15?;/m0./s1. The Hall–Kier alpha value is -2.27. The topological polar surface area (TPSA) is 68.3 Å². The predicted molar refractivity (Wildman–Crippen MR) is 83.5 cm³/mol. The molecule has 1 aromatic rings. The summed E-state index contributed by atoms with van der Waals surface area (Å²) in [5.41, 5.74) is -0.845. The summed E-state index contributed by atoms with van der Waals surface area (Å²) in [4.78, 5) is 39.3. The quantitative estimate of drug-likeness (QED) is 0.745. The molecular weight excluding hydrogens is 337 g/mol. The summed E-state index contributed by atoms with van der Waals surface area (Å²) < 4.78 is 38.6. The molecule has 25 heavy (non-hydrogen) atoms. The van der Waals surface area contributed by atoms with Gasteiger partial charge in [0.1, 0.15) is 12.1 Å². The Morgan fingerprint density at radius 3 is 2.08 bits per heavy atom. The maximum absolute atomic E-state index is 12.9. The maximum Gasteiger partial charge on any atom is 0.416 e. The van der Waals surface area contributed by atoms with Gasteiger partial charge in [-0.25, -0.2) is 0 Å². The number of rotatable bonds is 5. The van der Waals surface area contributed by atoms with E-state index in [2.05, 4.69) is 0 Å². The number of benzene rings is 1. The van der Waals surface area contributed by atoms with E-state index in [-0.39, 0.29) is 18.4 Å². The molecule has 2 atom stereocenters. The lowest BCUT2D eigenvalue weighted by molar-refractivity contribution is -0.191. The van der Waals surface area contributed by atoms with Gasteiger partial charge in [0.25, 0.3) is 0 Å². The molecule has 0 aliphatic heterocycles. The van der Waals surface area contributed by atoms with Crippen LogP contribution in [0.1, 0.15) is 51.2 Å². The minimum absolute atomic E-state index is 0.0167. The number of aldehydes is 1. The molecule has 4 nitrogen and oxygen atoms in total. The number of halogens is 3. The first-order valence-corrected chi connectivity index (χ1v) is 7.50. The first-order chi connectivity index (χ1) is 11.4. The van der Waals surface area contributed by atoms with E-state index in [0.717, 1.165) is 12.1 Å². The highest BCUT2D eigenvalue weighted by atomic mass is 19.4. The highest BCUT2D eigenvalue weighted by molar-refractivity contribution is 5.80. The summed E-state index contributed by atoms with van der Waals surface area (Å²) in [7, 11) is 0. The number of hydrogen-bond donors (Lipinski definition) is 0. The van der Waals surface area contributed by atoms with E-state index in [1.54, 1.807) is 6.07 Å². The molecule has 1 rings (SSSR count). The van der Waals surface area contributed by atoms with E-state index in [9.17, 15) is 22.8 Å². The smallest absolute Gasteiger partial charge is 0.303 e. The highest BCUT2D eigenvalue weighted by Crippen LogP contribution is 2.41. The van der Waals surface area contributed by atoms with Crippen LogP contribution in [0.2, 0.25) is 0 Å². The monoisotopic (exact) mass is 358 g/mol. The first-order valence-electron chi connectivity index (χ1n) is 7.50. The van der Waals surface area contributed by atoms with E-state index >= 15 is 0 Å². The molecule has 0 saturated heterocycles. The van der Waals surface area contributed by atoms with Crippen molar-refractivity contribution in [1.29, 1.82) is 0 Å². The van der Waals surface area contributed by atoms with Gasteiger partial charge < -0.3 is 4.79 Å². The van der Waals surface area contributed by atoms with Crippen LogP contribution in [0.25, 0.3) is 0 Å². The molecular formula is C18H21F3O4. The largest absolute Gasteiger partial charge is 0.416 e. The Bertz CT molecular complexity index is 624. The molecule has 1 aromatic carbocycles. The van der Waals surface area contributed by atoms with Gasteiger partial charge in [0.2, 0.25) is 0 Å². The van der Waals surface area contributed by atoms with Crippen LogP contribution in [0.3, 0.4) is 0 Å². The van der Waals surface area contributed by atoms with Gasteiger partial charge in [0.05, 0.1) is 5.56 Å². The third kappa shape index (κ3) is 7.01. The van der Waals surface area contributed by atoms with Crippen molar-refractivity contribution < 1.29 is 32.3 Å². The lowest BCUT2D eigenvalue weighted by Gasteiger charge is -2.35. The summed E-state index contributed by atoms with van der Waals surface area (Å²) in [5, 5.41) is 0. The normalized spacial score (nSPS) is 13.7. The number of carbonyl (C=O) groups is 2. The molecule has 0 amide bonds. The average molecular weight is 358 g/mol. The van der Waals surface area contributed by atoms with E-state index in [1.807, 2.05) is 20.8 Å². The number of ketones is 1. The second-order valence-corrected chi connectivity index (χ2v) is 6.67. The van der Waals surface area contributed by atoms with Crippen molar-refractivity contribution in [3.05, 3.63) is 35.4 Å². The molecule has 0 N–H and O–H groups in total. The Labute approximate surface area is 144 Å². The van der Waals surface area contributed by atoms with E-state index < -0.39 is 29.0 Å². The summed E-state index contributed by atoms with van der Waals surface area (Å²) >= 11 is 0. The lowest BCUT2D eigenvalue weighted by Crippen LogP contribution is -2.33. The molecule has 0 spiro atoms. The van der Waals surface area contributed by atoms with Crippen LogP contribution in [0.4, 0.5) is 13.2 Å². The molecule has 0 aliphatic carbocycles.